The first-order valence-electron chi connectivity index (χ1n) is 11.2. The van der Waals surface area contributed by atoms with Gasteiger partial charge in [0.1, 0.15) is 0 Å². The topological polar surface area (TPSA) is 42.0 Å². The molecule has 0 bridgehead atoms. The summed E-state index contributed by atoms with van der Waals surface area (Å²) in [5.74, 6) is 1.92. The first-order valence-corrected chi connectivity index (χ1v) is 11.2. The Balaban J connectivity index is 1.34. The third-order valence-corrected chi connectivity index (χ3v) is 6.73. The zero-order valence-electron chi connectivity index (χ0n) is 17.5. The van der Waals surface area contributed by atoms with Gasteiger partial charge in [-0.3, -0.25) is 4.79 Å². The third-order valence-electron chi connectivity index (χ3n) is 6.73. The smallest absolute Gasteiger partial charge is 0.231 e. The first-order chi connectivity index (χ1) is 14.8. The van der Waals surface area contributed by atoms with E-state index in [0.29, 0.717) is 6.54 Å². The van der Waals surface area contributed by atoms with E-state index in [1.54, 1.807) is 0 Å². The van der Waals surface area contributed by atoms with Crippen molar-refractivity contribution in [3.05, 3.63) is 59.2 Å². The van der Waals surface area contributed by atoms with E-state index in [9.17, 15) is 4.79 Å². The van der Waals surface area contributed by atoms with E-state index in [1.165, 1.54) is 24.0 Å². The second kappa shape index (κ2) is 8.68. The van der Waals surface area contributed by atoms with Gasteiger partial charge in [0.05, 0.1) is 0 Å². The Hall–Kier alpha value is -2.53. The molecule has 0 saturated carbocycles. The Kier molecular flexibility index (Phi) is 5.63. The van der Waals surface area contributed by atoms with Gasteiger partial charge in [-0.15, -0.1) is 0 Å². The average Bonchev–Trinajstić information content (AvgIpc) is 3.48. The van der Waals surface area contributed by atoms with Crippen LogP contribution in [0.15, 0.2) is 42.5 Å². The van der Waals surface area contributed by atoms with E-state index in [1.807, 2.05) is 12.1 Å². The van der Waals surface area contributed by atoms with Gasteiger partial charge in [0.2, 0.25) is 12.7 Å². The zero-order chi connectivity index (χ0) is 20.3. The Morgan fingerprint density at radius 1 is 1.03 bits per heavy atom. The van der Waals surface area contributed by atoms with Gasteiger partial charge in [-0.25, -0.2) is 0 Å². The van der Waals surface area contributed by atoms with Crippen molar-refractivity contribution in [1.29, 1.82) is 0 Å². The van der Waals surface area contributed by atoms with Gasteiger partial charge in [-0.1, -0.05) is 36.4 Å². The number of hydrogen-bond acceptors (Lipinski definition) is 4. The van der Waals surface area contributed by atoms with Crippen LogP contribution in [0.3, 0.4) is 0 Å². The van der Waals surface area contributed by atoms with Crippen molar-refractivity contribution < 1.29 is 14.3 Å². The minimum absolute atomic E-state index is 0.0624. The summed E-state index contributed by atoms with van der Waals surface area (Å²) < 4.78 is 11.3. The summed E-state index contributed by atoms with van der Waals surface area (Å²) in [5, 5.41) is 0. The van der Waals surface area contributed by atoms with Crippen LogP contribution in [0.2, 0.25) is 0 Å². The van der Waals surface area contributed by atoms with Crippen LogP contribution in [0.25, 0.3) is 0 Å². The molecule has 0 spiro atoms. The first kappa shape index (κ1) is 19.4. The highest BCUT2D eigenvalue weighted by Crippen LogP contribution is 2.36. The number of fused-ring (bicyclic) bond motifs is 2. The molecule has 1 saturated heterocycles. The summed E-state index contributed by atoms with van der Waals surface area (Å²) in [6.45, 7) is 4.85. The summed E-state index contributed by atoms with van der Waals surface area (Å²) in [5.41, 5.74) is 3.77. The fourth-order valence-corrected chi connectivity index (χ4v) is 5.02. The highest BCUT2D eigenvalue weighted by molar-refractivity contribution is 5.79. The lowest BCUT2D eigenvalue weighted by atomic mass is 9.83. The van der Waals surface area contributed by atoms with Gasteiger partial charge < -0.3 is 19.3 Å². The fraction of sp³-hybridized carbons (Fsp3) is 0.480. The Morgan fingerprint density at radius 3 is 2.73 bits per heavy atom. The molecule has 5 nitrogen and oxygen atoms in total. The Labute approximate surface area is 178 Å². The molecule has 2 aliphatic heterocycles. The van der Waals surface area contributed by atoms with Crippen LogP contribution in [0, 0.1) is 5.92 Å². The summed E-state index contributed by atoms with van der Waals surface area (Å²) in [7, 11) is 0. The second-order valence-corrected chi connectivity index (χ2v) is 8.67. The molecule has 0 radical (unpaired) electrons. The van der Waals surface area contributed by atoms with Gasteiger partial charge in [0.25, 0.3) is 0 Å². The Morgan fingerprint density at radius 2 is 1.87 bits per heavy atom. The molecule has 2 aromatic carbocycles. The maximum atomic E-state index is 13.7. The quantitative estimate of drug-likeness (QED) is 0.735. The van der Waals surface area contributed by atoms with Gasteiger partial charge in [-0.2, -0.15) is 0 Å². The molecule has 1 fully saturated rings. The van der Waals surface area contributed by atoms with Crippen molar-refractivity contribution in [2.75, 3.05) is 33.0 Å². The lowest BCUT2D eigenvalue weighted by Gasteiger charge is -2.32. The molecule has 0 N–H and O–H groups in total. The lowest BCUT2D eigenvalue weighted by Crippen LogP contribution is -2.42. The summed E-state index contributed by atoms with van der Waals surface area (Å²) in [6.07, 6.45) is 5.31. The SMILES string of the molecule is O=C([C@H]1CCc2ccccc2C1)N(CCN1CCCC1)Cc1cccc2c1OCO2. The van der Waals surface area contributed by atoms with Crippen molar-refractivity contribution in [2.45, 2.75) is 38.6 Å². The molecule has 3 aliphatic rings. The van der Waals surface area contributed by atoms with Crippen molar-refractivity contribution in [2.24, 2.45) is 5.92 Å². The van der Waals surface area contributed by atoms with E-state index >= 15 is 0 Å². The van der Waals surface area contributed by atoms with Crippen molar-refractivity contribution in [3.8, 4) is 11.5 Å². The normalized spacial score (nSPS) is 20.2. The van der Waals surface area contributed by atoms with Crippen molar-refractivity contribution in [3.63, 3.8) is 0 Å². The van der Waals surface area contributed by atoms with E-state index in [-0.39, 0.29) is 18.6 Å². The van der Waals surface area contributed by atoms with E-state index in [2.05, 4.69) is 40.1 Å². The molecule has 0 aromatic heterocycles. The van der Waals surface area contributed by atoms with Crippen LogP contribution < -0.4 is 9.47 Å². The van der Waals surface area contributed by atoms with E-state index in [0.717, 1.165) is 62.5 Å². The molecule has 30 heavy (non-hydrogen) atoms. The summed E-state index contributed by atoms with van der Waals surface area (Å²) in [4.78, 5) is 18.2. The molecule has 1 amide bonds. The molecular weight excluding hydrogens is 376 g/mol. The fourth-order valence-electron chi connectivity index (χ4n) is 5.02. The minimum Gasteiger partial charge on any atom is -0.454 e. The van der Waals surface area contributed by atoms with Gasteiger partial charge in [-0.05, 0) is 62.4 Å². The highest BCUT2D eigenvalue weighted by atomic mass is 16.7. The molecule has 2 heterocycles. The minimum atomic E-state index is 0.0624. The third kappa shape index (κ3) is 4.04. The van der Waals surface area contributed by atoms with Crippen LogP contribution in [-0.4, -0.2) is 48.7 Å². The summed E-state index contributed by atoms with van der Waals surface area (Å²) >= 11 is 0. The molecule has 1 atom stereocenters. The lowest BCUT2D eigenvalue weighted by molar-refractivity contribution is -0.136. The van der Waals surface area contributed by atoms with Crippen LogP contribution in [-0.2, 0) is 24.2 Å². The van der Waals surface area contributed by atoms with Gasteiger partial charge in [0, 0.05) is 31.1 Å². The number of para-hydroxylation sites is 1. The van der Waals surface area contributed by atoms with Crippen molar-refractivity contribution >= 4 is 5.91 Å². The largest absolute Gasteiger partial charge is 0.454 e. The zero-order valence-corrected chi connectivity index (χ0v) is 17.5. The molecule has 5 rings (SSSR count). The number of aryl methyl sites for hydroxylation is 1. The number of carbonyl (C=O) groups is 1. The molecule has 2 aromatic rings. The molecule has 5 heteroatoms. The maximum Gasteiger partial charge on any atom is 0.231 e. The molecule has 0 unspecified atom stereocenters. The number of hydrogen-bond donors (Lipinski definition) is 0. The highest BCUT2D eigenvalue weighted by Gasteiger charge is 2.30. The number of likely N-dealkylation sites (tertiary alicyclic amines) is 1. The number of amides is 1. The van der Waals surface area contributed by atoms with Gasteiger partial charge >= 0.3 is 0 Å². The molecule has 1 aliphatic carbocycles. The molecule has 158 valence electrons. The predicted molar refractivity (Wildman–Crippen MR) is 116 cm³/mol. The van der Waals surface area contributed by atoms with Crippen LogP contribution in [0.4, 0.5) is 0 Å². The monoisotopic (exact) mass is 406 g/mol. The van der Waals surface area contributed by atoms with Crippen LogP contribution in [0.5, 0.6) is 11.5 Å². The van der Waals surface area contributed by atoms with Gasteiger partial charge in [0.15, 0.2) is 11.5 Å². The predicted octanol–water partition coefficient (Wildman–Crippen LogP) is 3.64. The number of nitrogens with zero attached hydrogens (tertiary/aromatic N) is 2. The molecular formula is C25H30N2O3. The number of ether oxygens (including phenoxy) is 2. The second-order valence-electron chi connectivity index (χ2n) is 8.67. The summed E-state index contributed by atoms with van der Waals surface area (Å²) in [6, 6.07) is 14.5. The number of carbonyl (C=O) groups excluding carboxylic acids is 1. The van der Waals surface area contributed by atoms with E-state index in [4.69, 9.17) is 9.47 Å². The number of benzene rings is 2. The maximum absolute atomic E-state index is 13.7. The van der Waals surface area contributed by atoms with Crippen LogP contribution in [0.1, 0.15) is 36.0 Å². The van der Waals surface area contributed by atoms with Crippen LogP contribution >= 0.6 is 0 Å². The Bertz CT molecular complexity index is 907. The average molecular weight is 407 g/mol. The van der Waals surface area contributed by atoms with E-state index < -0.39 is 0 Å². The number of rotatable bonds is 6. The van der Waals surface area contributed by atoms with Crippen molar-refractivity contribution in [1.82, 2.24) is 9.80 Å². The standard InChI is InChI=1S/C25H30N2O3/c28-25(21-11-10-19-6-1-2-7-20(19)16-21)27(15-14-26-12-3-4-13-26)17-22-8-5-9-23-24(22)30-18-29-23/h1-2,5-9,21H,3-4,10-18H2/t21-/m0/s1.